The van der Waals surface area contributed by atoms with Crippen molar-refractivity contribution in [2.24, 2.45) is 0 Å². The molecule has 0 spiro atoms. The Hall–Kier alpha value is -1.24. The number of ether oxygens (including phenoxy) is 1. The van der Waals surface area contributed by atoms with Crippen LogP contribution in [0.5, 0.6) is 5.75 Å². The lowest BCUT2D eigenvalue weighted by atomic mass is 10.3. The molecule has 0 heterocycles. The summed E-state index contributed by atoms with van der Waals surface area (Å²) in [7, 11) is 0. The molecule has 0 bridgehead atoms. The van der Waals surface area contributed by atoms with Crippen molar-refractivity contribution in [2.45, 2.75) is 13.3 Å². The molecule has 1 radical (unpaired) electrons. The van der Waals surface area contributed by atoms with Crippen LogP contribution in [0.1, 0.15) is 13.3 Å². The second-order valence-corrected chi connectivity index (χ2v) is 2.43. The van der Waals surface area contributed by atoms with Gasteiger partial charge in [0.1, 0.15) is 12.4 Å². The average Bonchev–Trinajstić information content (AvgIpc) is 2.14. The Labute approximate surface area is 73.7 Å². The maximum atomic E-state index is 5.40. The highest BCUT2D eigenvalue weighted by atomic mass is 16.5. The van der Waals surface area contributed by atoms with Crippen molar-refractivity contribution in [1.29, 1.82) is 0 Å². The van der Waals surface area contributed by atoms with Crippen molar-refractivity contribution in [3.05, 3.63) is 42.5 Å². The van der Waals surface area contributed by atoms with Crippen LogP contribution in [-0.2, 0) is 0 Å². The molecule has 1 aromatic carbocycles. The van der Waals surface area contributed by atoms with Gasteiger partial charge in [0.2, 0.25) is 0 Å². The predicted octanol–water partition coefficient (Wildman–Crippen LogP) is 2.83. The summed E-state index contributed by atoms with van der Waals surface area (Å²) in [6.07, 6.45) is 5.18. The van der Waals surface area contributed by atoms with Crippen molar-refractivity contribution < 1.29 is 4.74 Å². The second-order valence-electron chi connectivity index (χ2n) is 2.43. The summed E-state index contributed by atoms with van der Waals surface area (Å²) in [6.45, 7) is 2.76. The molecule has 0 N–H and O–H groups in total. The van der Waals surface area contributed by atoms with Gasteiger partial charge in [-0.2, -0.15) is 0 Å². The summed E-state index contributed by atoms with van der Waals surface area (Å²) < 4.78 is 5.40. The molecule has 0 saturated heterocycles. The zero-order valence-corrected chi connectivity index (χ0v) is 7.29. The molecule has 12 heavy (non-hydrogen) atoms. The topological polar surface area (TPSA) is 9.23 Å². The molecule has 1 heteroatoms. The average molecular weight is 161 g/mol. The Morgan fingerprint density at radius 1 is 1.33 bits per heavy atom. The van der Waals surface area contributed by atoms with Gasteiger partial charge in [-0.25, -0.2) is 0 Å². The lowest BCUT2D eigenvalue weighted by Crippen LogP contribution is -1.92. The lowest BCUT2D eigenvalue weighted by Gasteiger charge is -2.00. The molecule has 0 atom stereocenters. The van der Waals surface area contributed by atoms with Crippen molar-refractivity contribution in [1.82, 2.24) is 0 Å². The van der Waals surface area contributed by atoms with E-state index in [0.29, 0.717) is 6.61 Å². The smallest absolute Gasteiger partial charge is 0.119 e. The van der Waals surface area contributed by atoms with E-state index in [2.05, 4.69) is 19.1 Å². The Morgan fingerprint density at radius 2 is 2.08 bits per heavy atom. The third-order valence-corrected chi connectivity index (χ3v) is 1.44. The van der Waals surface area contributed by atoms with Crippen LogP contribution >= 0.6 is 0 Å². The summed E-state index contributed by atoms with van der Waals surface area (Å²) >= 11 is 0. The van der Waals surface area contributed by atoms with Crippen molar-refractivity contribution in [2.75, 3.05) is 6.61 Å². The number of benzene rings is 1. The van der Waals surface area contributed by atoms with Gasteiger partial charge in [0.25, 0.3) is 0 Å². The van der Waals surface area contributed by atoms with Crippen LogP contribution in [0, 0.1) is 6.07 Å². The predicted molar refractivity (Wildman–Crippen MR) is 50.2 cm³/mol. The number of allylic oxidation sites excluding steroid dienone is 1. The molecule has 1 nitrogen and oxygen atoms in total. The third-order valence-electron chi connectivity index (χ3n) is 1.44. The van der Waals surface area contributed by atoms with Crippen molar-refractivity contribution >= 4 is 0 Å². The van der Waals surface area contributed by atoms with E-state index in [9.17, 15) is 0 Å². The van der Waals surface area contributed by atoms with Crippen molar-refractivity contribution in [3.63, 3.8) is 0 Å². The largest absolute Gasteiger partial charge is 0.490 e. The molecule has 1 aromatic rings. The Morgan fingerprint density at radius 3 is 2.75 bits per heavy atom. The molecule has 0 unspecified atom stereocenters. The van der Waals surface area contributed by atoms with Crippen molar-refractivity contribution in [3.8, 4) is 5.75 Å². The van der Waals surface area contributed by atoms with Gasteiger partial charge in [-0.3, -0.25) is 0 Å². The Kier molecular flexibility index (Phi) is 4.00. The first-order valence-electron chi connectivity index (χ1n) is 4.17. The van der Waals surface area contributed by atoms with Crippen LogP contribution in [0.15, 0.2) is 36.4 Å². The van der Waals surface area contributed by atoms with Gasteiger partial charge in [0.15, 0.2) is 0 Å². The van der Waals surface area contributed by atoms with Gasteiger partial charge in [-0.15, -0.1) is 0 Å². The summed E-state index contributed by atoms with van der Waals surface area (Å²) in [5.74, 6) is 0.898. The van der Waals surface area contributed by atoms with Gasteiger partial charge < -0.3 is 4.74 Å². The lowest BCUT2D eigenvalue weighted by molar-refractivity contribution is 0.362. The molecular weight excluding hydrogens is 148 g/mol. The fourth-order valence-electron chi connectivity index (χ4n) is 0.847. The Bertz CT molecular complexity index is 226. The van der Waals surface area contributed by atoms with Gasteiger partial charge in [-0.05, 0) is 24.6 Å². The standard InChI is InChI=1S/C11H13O/c1-2-3-7-10-12-11-8-5-4-6-9-11/h3,5-9H,2,10H2,1H3/b7-3+. The number of hydrogen-bond donors (Lipinski definition) is 0. The van der Waals surface area contributed by atoms with Crippen LogP contribution in [-0.4, -0.2) is 6.61 Å². The zero-order valence-electron chi connectivity index (χ0n) is 7.29. The van der Waals surface area contributed by atoms with E-state index in [1.165, 1.54) is 0 Å². The highest BCUT2D eigenvalue weighted by Crippen LogP contribution is 2.07. The molecule has 0 fully saturated rings. The second kappa shape index (κ2) is 5.42. The monoisotopic (exact) mass is 161 g/mol. The summed E-state index contributed by atoms with van der Waals surface area (Å²) in [4.78, 5) is 0. The fourth-order valence-corrected chi connectivity index (χ4v) is 0.847. The third kappa shape index (κ3) is 3.24. The summed E-state index contributed by atoms with van der Waals surface area (Å²) in [5.41, 5.74) is 0. The molecule has 0 aliphatic carbocycles. The van der Waals surface area contributed by atoms with E-state index in [1.54, 1.807) is 0 Å². The van der Waals surface area contributed by atoms with E-state index in [4.69, 9.17) is 4.74 Å². The minimum atomic E-state index is 0.651. The minimum Gasteiger partial charge on any atom is -0.490 e. The SMILES string of the molecule is CC/C=C/COc1cc[c]cc1. The summed E-state index contributed by atoms with van der Waals surface area (Å²) in [5, 5.41) is 0. The van der Waals surface area contributed by atoms with E-state index < -0.39 is 0 Å². The number of hydrogen-bond acceptors (Lipinski definition) is 1. The normalized spacial score (nSPS) is 10.4. The first-order valence-corrected chi connectivity index (χ1v) is 4.17. The molecule has 0 saturated carbocycles. The Balaban J connectivity index is 2.29. The zero-order chi connectivity index (χ0) is 8.65. The van der Waals surface area contributed by atoms with Crippen LogP contribution < -0.4 is 4.74 Å². The van der Waals surface area contributed by atoms with Gasteiger partial charge in [0.05, 0.1) is 0 Å². The van der Waals surface area contributed by atoms with Gasteiger partial charge in [0, 0.05) is 0 Å². The van der Waals surface area contributed by atoms with Gasteiger partial charge >= 0.3 is 0 Å². The molecule has 0 aliphatic heterocycles. The van der Waals surface area contributed by atoms with Crippen LogP contribution in [0.25, 0.3) is 0 Å². The highest BCUT2D eigenvalue weighted by molar-refractivity contribution is 5.20. The molecule has 1 rings (SSSR count). The molecule has 0 amide bonds. The van der Waals surface area contributed by atoms with Crippen LogP contribution in [0.3, 0.4) is 0 Å². The van der Waals surface area contributed by atoms with Crippen LogP contribution in [0.2, 0.25) is 0 Å². The van der Waals surface area contributed by atoms with E-state index in [-0.39, 0.29) is 0 Å². The van der Waals surface area contributed by atoms with Gasteiger partial charge in [-0.1, -0.05) is 31.2 Å². The molecule has 0 aliphatic rings. The first kappa shape index (κ1) is 8.85. The minimum absolute atomic E-state index is 0.651. The molecular formula is C11H13O. The fraction of sp³-hybridized carbons (Fsp3) is 0.273. The molecule has 0 aromatic heterocycles. The van der Waals surface area contributed by atoms with E-state index in [0.717, 1.165) is 12.2 Å². The number of rotatable bonds is 4. The summed E-state index contributed by atoms with van der Waals surface area (Å²) in [6, 6.07) is 10.4. The maximum absolute atomic E-state index is 5.40. The van der Waals surface area contributed by atoms with Crippen LogP contribution in [0.4, 0.5) is 0 Å². The quantitative estimate of drug-likeness (QED) is 0.617. The first-order chi connectivity index (χ1) is 5.93. The van der Waals surface area contributed by atoms with E-state index >= 15 is 0 Å². The van der Waals surface area contributed by atoms with E-state index in [1.807, 2.05) is 30.3 Å². The maximum Gasteiger partial charge on any atom is 0.119 e. The molecule has 63 valence electrons. The highest BCUT2D eigenvalue weighted by Gasteiger charge is 1.86.